The van der Waals surface area contributed by atoms with E-state index in [1.165, 1.54) is 36.2 Å². The first kappa shape index (κ1) is 25.0. The maximum absolute atomic E-state index is 13.1. The Morgan fingerprint density at radius 2 is 1.94 bits per heavy atom. The molecule has 1 amide bonds. The van der Waals surface area contributed by atoms with Gasteiger partial charge in [-0.25, -0.2) is 18.4 Å². The van der Waals surface area contributed by atoms with Crippen molar-refractivity contribution in [3.63, 3.8) is 0 Å². The van der Waals surface area contributed by atoms with Crippen molar-refractivity contribution in [1.82, 2.24) is 14.7 Å². The van der Waals surface area contributed by atoms with E-state index in [1.807, 2.05) is 30.3 Å². The number of allylic oxidation sites excluding steroid dienone is 1. The number of carbonyl (C=O) groups is 1. The van der Waals surface area contributed by atoms with Crippen molar-refractivity contribution in [2.75, 3.05) is 7.11 Å². The largest absolute Gasteiger partial charge is 0.495 e. The summed E-state index contributed by atoms with van der Waals surface area (Å²) in [6.45, 7) is 6.81. The van der Waals surface area contributed by atoms with E-state index in [2.05, 4.69) is 15.3 Å². The average Bonchev–Trinajstić information content (AvgIpc) is 3.18. The highest BCUT2D eigenvalue weighted by Crippen LogP contribution is 2.34. The number of nitrogens with two attached hydrogens (primary N) is 1. The van der Waals surface area contributed by atoms with Gasteiger partial charge in [0, 0.05) is 30.7 Å². The number of rotatable bonds is 7. The van der Waals surface area contributed by atoms with Crippen molar-refractivity contribution in [2.45, 2.75) is 43.9 Å². The van der Waals surface area contributed by atoms with Crippen LogP contribution in [0.3, 0.4) is 0 Å². The molecular weight excluding hydrogens is 454 g/mol. The summed E-state index contributed by atoms with van der Waals surface area (Å²) in [7, 11) is -2.31. The molecule has 0 fully saturated rings. The summed E-state index contributed by atoms with van der Waals surface area (Å²) in [5.74, 6) is 0.152. The normalized spacial score (nSPS) is 13.2. The summed E-state index contributed by atoms with van der Waals surface area (Å²) in [5.41, 5.74) is 7.82. The average molecular weight is 484 g/mol. The van der Waals surface area contributed by atoms with Gasteiger partial charge in [-0.15, -0.1) is 0 Å². The van der Waals surface area contributed by atoms with E-state index in [4.69, 9.17) is 10.5 Å². The number of benzene rings is 1. The van der Waals surface area contributed by atoms with Crippen LogP contribution < -0.4 is 15.8 Å². The molecule has 0 spiro atoms. The monoisotopic (exact) mass is 483 g/mol. The summed E-state index contributed by atoms with van der Waals surface area (Å²) in [5, 5.41) is 2.82. The van der Waals surface area contributed by atoms with Gasteiger partial charge in [0.15, 0.2) is 15.7 Å². The third-order valence-electron chi connectivity index (χ3n) is 5.16. The third kappa shape index (κ3) is 5.12. The number of ether oxygens (including phenoxy) is 1. The second-order valence-electron chi connectivity index (χ2n) is 8.69. The molecule has 3 aromatic rings. The summed E-state index contributed by atoms with van der Waals surface area (Å²) < 4.78 is 32.0. The van der Waals surface area contributed by atoms with Crippen molar-refractivity contribution >= 4 is 33.4 Å². The number of aliphatic imine (C=N–C) groups is 1. The van der Waals surface area contributed by atoms with Gasteiger partial charge in [-0.2, -0.15) is 0 Å². The predicted molar refractivity (Wildman–Crippen MR) is 132 cm³/mol. The molecule has 10 heteroatoms. The second-order valence-corrected chi connectivity index (χ2v) is 11.4. The molecule has 34 heavy (non-hydrogen) atoms. The van der Waals surface area contributed by atoms with Gasteiger partial charge < -0.3 is 15.8 Å². The fraction of sp³-hybridized carbons (Fsp3) is 0.292. The van der Waals surface area contributed by atoms with Crippen LogP contribution >= 0.6 is 0 Å². The minimum absolute atomic E-state index is 0.0239. The smallest absolute Gasteiger partial charge is 0.254 e. The first-order valence-electron chi connectivity index (χ1n) is 10.6. The zero-order chi connectivity index (χ0) is 25.1. The van der Waals surface area contributed by atoms with Crippen molar-refractivity contribution < 1.29 is 17.9 Å². The highest BCUT2D eigenvalue weighted by molar-refractivity contribution is 7.92. The number of methoxy groups -OCH3 is 1. The van der Waals surface area contributed by atoms with Gasteiger partial charge in [-0.1, -0.05) is 30.3 Å². The van der Waals surface area contributed by atoms with Crippen LogP contribution in [0, 0.1) is 0 Å². The topological polar surface area (TPSA) is 128 Å². The van der Waals surface area contributed by atoms with Gasteiger partial charge in [0.1, 0.15) is 16.3 Å². The molecule has 0 unspecified atom stereocenters. The Kier molecular flexibility index (Phi) is 7.11. The number of nitrogens with zero attached hydrogens (tertiary/aromatic N) is 3. The van der Waals surface area contributed by atoms with Gasteiger partial charge in [-0.05, 0) is 33.3 Å². The van der Waals surface area contributed by atoms with Crippen LogP contribution in [0.25, 0.3) is 5.65 Å². The fourth-order valence-electron chi connectivity index (χ4n) is 3.10. The highest BCUT2D eigenvalue weighted by Gasteiger charge is 2.34. The van der Waals surface area contributed by atoms with Gasteiger partial charge in [0.05, 0.1) is 23.6 Å². The number of fused-ring (bicyclic) bond motifs is 1. The molecule has 0 bridgehead atoms. The Bertz CT molecular complexity index is 1360. The maximum Gasteiger partial charge on any atom is 0.254 e. The Morgan fingerprint density at radius 3 is 2.53 bits per heavy atom. The molecule has 0 saturated carbocycles. The quantitative estimate of drug-likeness (QED) is 0.392. The van der Waals surface area contributed by atoms with Crippen molar-refractivity contribution in [1.29, 1.82) is 0 Å². The maximum atomic E-state index is 13.1. The van der Waals surface area contributed by atoms with E-state index in [1.54, 1.807) is 27.7 Å². The number of aromatic nitrogens is 2. The molecule has 0 aliphatic heterocycles. The molecule has 0 radical (unpaired) electrons. The van der Waals surface area contributed by atoms with Gasteiger partial charge in [-0.3, -0.25) is 9.20 Å². The summed E-state index contributed by atoms with van der Waals surface area (Å²) in [6.07, 6.45) is 4.26. The van der Waals surface area contributed by atoms with E-state index in [0.717, 1.165) is 5.56 Å². The summed E-state index contributed by atoms with van der Waals surface area (Å²) >= 11 is 0. The Balaban J connectivity index is 1.95. The van der Waals surface area contributed by atoms with E-state index in [-0.39, 0.29) is 22.1 Å². The molecule has 0 saturated heterocycles. The molecule has 0 aliphatic carbocycles. The van der Waals surface area contributed by atoms with Crippen LogP contribution in [0.4, 0.5) is 5.82 Å². The van der Waals surface area contributed by atoms with Crippen LogP contribution in [0.1, 0.15) is 33.3 Å². The molecule has 1 aromatic carbocycles. The first-order chi connectivity index (χ1) is 16.0. The summed E-state index contributed by atoms with van der Waals surface area (Å²) in [4.78, 5) is 21.4. The van der Waals surface area contributed by atoms with Crippen LogP contribution in [0.15, 0.2) is 69.9 Å². The standard InChI is InChI=1S/C24H29N5O4S/c1-16(25)18(23(30)28-12-17-9-7-6-8-10-17)13-26-22-14-27-21-11-19(33-5)20(15-29(21)22)34(31,32)24(2,3)4/h6-11,13-15H,12,25H2,1-5H3,(H,28,30)/b18-16+,26-13+. The number of carbonyl (C=O) groups excluding carboxylic acids is 1. The number of imidazole rings is 1. The molecule has 0 aliphatic rings. The van der Waals surface area contributed by atoms with Crippen LogP contribution in [0.5, 0.6) is 5.75 Å². The molecule has 9 nitrogen and oxygen atoms in total. The first-order valence-corrected chi connectivity index (χ1v) is 12.1. The van der Waals surface area contributed by atoms with Gasteiger partial charge in [0.25, 0.3) is 5.91 Å². The third-order valence-corrected chi connectivity index (χ3v) is 7.66. The molecule has 0 atom stereocenters. The van der Waals surface area contributed by atoms with Crippen LogP contribution in [-0.4, -0.2) is 41.8 Å². The van der Waals surface area contributed by atoms with Crippen LogP contribution in [0.2, 0.25) is 0 Å². The SMILES string of the molecule is COc1cc2ncc(/N=C/C(C(=O)NCc3ccccc3)=C(/C)N)n2cc1S(=O)(=O)C(C)(C)C. The van der Waals surface area contributed by atoms with E-state index in [9.17, 15) is 13.2 Å². The summed E-state index contributed by atoms with van der Waals surface area (Å²) in [6, 6.07) is 11.0. The molecule has 3 N–H and O–H groups in total. The Labute approximate surface area is 199 Å². The van der Waals surface area contributed by atoms with Crippen molar-refractivity contribution in [3.8, 4) is 5.75 Å². The number of pyridine rings is 1. The molecular formula is C24H29N5O4S. The number of hydrogen-bond donors (Lipinski definition) is 2. The number of sulfone groups is 1. The van der Waals surface area contributed by atoms with E-state index < -0.39 is 14.6 Å². The lowest BCUT2D eigenvalue weighted by atomic mass is 10.2. The van der Waals surface area contributed by atoms with E-state index in [0.29, 0.717) is 23.7 Å². The second kappa shape index (κ2) is 9.68. The van der Waals surface area contributed by atoms with Gasteiger partial charge >= 0.3 is 0 Å². The number of hydrogen-bond acceptors (Lipinski definition) is 7. The predicted octanol–water partition coefficient (Wildman–Crippen LogP) is 3.17. The zero-order valence-corrected chi connectivity index (χ0v) is 20.7. The molecule has 3 rings (SSSR count). The van der Waals surface area contributed by atoms with Gasteiger partial charge in [0.2, 0.25) is 0 Å². The Hall–Kier alpha value is -3.66. The van der Waals surface area contributed by atoms with Crippen LogP contribution in [-0.2, 0) is 21.2 Å². The lowest BCUT2D eigenvalue weighted by molar-refractivity contribution is -0.117. The number of amides is 1. The fourth-order valence-corrected chi connectivity index (χ4v) is 4.42. The molecule has 180 valence electrons. The minimum Gasteiger partial charge on any atom is -0.495 e. The Morgan fingerprint density at radius 1 is 1.26 bits per heavy atom. The zero-order valence-electron chi connectivity index (χ0n) is 19.9. The molecule has 2 aromatic heterocycles. The van der Waals surface area contributed by atoms with Crippen molar-refractivity contribution in [2.24, 2.45) is 10.7 Å². The highest BCUT2D eigenvalue weighted by atomic mass is 32.2. The van der Waals surface area contributed by atoms with Crippen molar-refractivity contribution in [3.05, 3.63) is 65.6 Å². The van der Waals surface area contributed by atoms with E-state index >= 15 is 0 Å². The molecule has 2 heterocycles. The minimum atomic E-state index is -3.72. The number of nitrogens with one attached hydrogen (secondary N) is 1. The lowest BCUT2D eigenvalue weighted by Crippen LogP contribution is -2.28. The lowest BCUT2D eigenvalue weighted by Gasteiger charge is -2.21.